The Morgan fingerprint density at radius 2 is 1.75 bits per heavy atom. The van der Waals surface area contributed by atoms with Crippen LogP contribution in [0.5, 0.6) is 0 Å². The molecule has 2 atom stereocenters. The van der Waals surface area contributed by atoms with Gasteiger partial charge in [-0.25, -0.2) is 0 Å². The van der Waals surface area contributed by atoms with E-state index in [1.54, 1.807) is 0 Å². The predicted molar refractivity (Wildman–Crippen MR) is 74.9 cm³/mol. The molecule has 0 spiro atoms. The highest BCUT2D eigenvalue weighted by molar-refractivity contribution is 5.82. The molecule has 0 radical (unpaired) electrons. The normalized spacial score (nSPS) is 27.2. The van der Waals surface area contributed by atoms with E-state index in [9.17, 15) is 9.59 Å². The SMILES string of the molecule is CC(C)C(=O)N1CCN(C(=O)[C@@H]2CC[C@H](CN)O2)CC1. The van der Waals surface area contributed by atoms with Crippen LogP contribution >= 0.6 is 0 Å². The Bertz CT molecular complexity index is 365. The van der Waals surface area contributed by atoms with Crippen LogP contribution in [-0.4, -0.2) is 66.5 Å². The second-order valence-electron chi connectivity index (χ2n) is 5.87. The molecule has 2 amide bonds. The molecule has 2 aliphatic rings. The Morgan fingerprint density at radius 3 is 2.25 bits per heavy atom. The molecular weight excluding hydrogens is 258 g/mol. The van der Waals surface area contributed by atoms with E-state index >= 15 is 0 Å². The lowest BCUT2D eigenvalue weighted by molar-refractivity contribution is -0.148. The Balaban J connectivity index is 1.82. The van der Waals surface area contributed by atoms with Crippen LogP contribution in [0.3, 0.4) is 0 Å². The summed E-state index contributed by atoms with van der Waals surface area (Å²) in [6.07, 6.45) is 1.30. The number of amides is 2. The summed E-state index contributed by atoms with van der Waals surface area (Å²) < 4.78 is 5.64. The molecule has 0 aliphatic carbocycles. The summed E-state index contributed by atoms with van der Waals surface area (Å²) in [6, 6.07) is 0. The number of piperazine rings is 1. The number of rotatable bonds is 3. The van der Waals surface area contributed by atoms with E-state index < -0.39 is 0 Å². The lowest BCUT2D eigenvalue weighted by Crippen LogP contribution is -2.53. The number of carbonyl (C=O) groups excluding carboxylic acids is 2. The first-order valence-corrected chi connectivity index (χ1v) is 7.46. The fourth-order valence-electron chi connectivity index (χ4n) is 2.78. The van der Waals surface area contributed by atoms with Crippen LogP contribution in [-0.2, 0) is 14.3 Å². The summed E-state index contributed by atoms with van der Waals surface area (Å²) in [5.41, 5.74) is 5.56. The van der Waals surface area contributed by atoms with Crippen LogP contribution in [0.2, 0.25) is 0 Å². The standard InChI is InChI=1S/C14H25N3O3/c1-10(2)13(18)16-5-7-17(8-6-16)14(19)12-4-3-11(9-15)20-12/h10-12H,3-9,15H2,1-2H3/t11-,12+/m1/s1. The second-order valence-corrected chi connectivity index (χ2v) is 5.87. The van der Waals surface area contributed by atoms with Gasteiger partial charge >= 0.3 is 0 Å². The molecule has 0 aromatic heterocycles. The van der Waals surface area contributed by atoms with Crippen molar-refractivity contribution in [3.05, 3.63) is 0 Å². The van der Waals surface area contributed by atoms with Gasteiger partial charge < -0.3 is 20.3 Å². The summed E-state index contributed by atoms with van der Waals surface area (Å²) in [6.45, 7) is 6.72. The molecule has 2 rings (SSSR count). The lowest BCUT2D eigenvalue weighted by Gasteiger charge is -2.36. The first kappa shape index (κ1) is 15.3. The van der Waals surface area contributed by atoms with Gasteiger partial charge in [0.25, 0.3) is 5.91 Å². The average molecular weight is 283 g/mol. The van der Waals surface area contributed by atoms with E-state index in [-0.39, 0.29) is 29.9 Å². The van der Waals surface area contributed by atoms with Gasteiger partial charge in [-0.1, -0.05) is 13.8 Å². The minimum absolute atomic E-state index is 0.0146. The molecule has 0 saturated carbocycles. The predicted octanol–water partition coefficient (Wildman–Crippen LogP) is -0.180. The maximum absolute atomic E-state index is 12.3. The second kappa shape index (κ2) is 6.54. The summed E-state index contributed by atoms with van der Waals surface area (Å²) in [4.78, 5) is 27.9. The smallest absolute Gasteiger partial charge is 0.251 e. The van der Waals surface area contributed by atoms with Gasteiger partial charge in [0, 0.05) is 38.6 Å². The molecule has 0 unspecified atom stereocenters. The van der Waals surface area contributed by atoms with E-state index in [0.717, 1.165) is 12.8 Å². The van der Waals surface area contributed by atoms with Gasteiger partial charge in [-0.05, 0) is 12.8 Å². The third-order valence-corrected chi connectivity index (χ3v) is 4.04. The highest BCUT2D eigenvalue weighted by Gasteiger charge is 2.34. The molecule has 2 fully saturated rings. The van der Waals surface area contributed by atoms with Crippen molar-refractivity contribution in [1.29, 1.82) is 0 Å². The van der Waals surface area contributed by atoms with E-state index in [1.807, 2.05) is 23.6 Å². The van der Waals surface area contributed by atoms with Crippen molar-refractivity contribution in [2.45, 2.75) is 38.9 Å². The largest absolute Gasteiger partial charge is 0.364 e. The van der Waals surface area contributed by atoms with Gasteiger partial charge in [-0.3, -0.25) is 9.59 Å². The molecule has 6 nitrogen and oxygen atoms in total. The van der Waals surface area contributed by atoms with E-state index in [4.69, 9.17) is 10.5 Å². The zero-order valence-electron chi connectivity index (χ0n) is 12.4. The quantitative estimate of drug-likeness (QED) is 0.779. The summed E-state index contributed by atoms with van der Waals surface area (Å²) in [7, 11) is 0. The zero-order valence-corrected chi connectivity index (χ0v) is 12.4. The Morgan fingerprint density at radius 1 is 1.15 bits per heavy atom. The maximum Gasteiger partial charge on any atom is 0.251 e. The van der Waals surface area contributed by atoms with Gasteiger partial charge in [0.1, 0.15) is 6.10 Å². The van der Waals surface area contributed by atoms with Crippen LogP contribution in [0.4, 0.5) is 0 Å². The van der Waals surface area contributed by atoms with Crippen LogP contribution < -0.4 is 5.73 Å². The van der Waals surface area contributed by atoms with Crippen molar-refractivity contribution < 1.29 is 14.3 Å². The lowest BCUT2D eigenvalue weighted by atomic mass is 10.1. The van der Waals surface area contributed by atoms with Crippen molar-refractivity contribution in [1.82, 2.24) is 9.80 Å². The van der Waals surface area contributed by atoms with E-state index in [2.05, 4.69) is 0 Å². The summed E-state index contributed by atoms with van der Waals surface area (Å²) >= 11 is 0. The first-order valence-electron chi connectivity index (χ1n) is 7.46. The molecule has 6 heteroatoms. The van der Waals surface area contributed by atoms with Crippen LogP contribution in [0.1, 0.15) is 26.7 Å². The Kier molecular flexibility index (Phi) is 4.99. The number of hydrogen-bond acceptors (Lipinski definition) is 4. The molecule has 2 aliphatic heterocycles. The number of ether oxygens (including phenoxy) is 1. The Labute approximate surface area is 120 Å². The summed E-state index contributed by atoms with van der Waals surface area (Å²) in [5, 5.41) is 0. The van der Waals surface area contributed by atoms with Gasteiger partial charge in [0.05, 0.1) is 6.10 Å². The molecular formula is C14H25N3O3. The highest BCUT2D eigenvalue weighted by atomic mass is 16.5. The molecule has 2 saturated heterocycles. The fourth-order valence-corrected chi connectivity index (χ4v) is 2.78. The zero-order chi connectivity index (χ0) is 14.7. The fraction of sp³-hybridized carbons (Fsp3) is 0.857. The molecule has 2 heterocycles. The van der Waals surface area contributed by atoms with Crippen LogP contribution in [0, 0.1) is 5.92 Å². The van der Waals surface area contributed by atoms with Crippen molar-refractivity contribution >= 4 is 11.8 Å². The van der Waals surface area contributed by atoms with Gasteiger partial charge in [-0.2, -0.15) is 0 Å². The van der Waals surface area contributed by atoms with E-state index in [0.29, 0.717) is 32.7 Å². The van der Waals surface area contributed by atoms with Crippen LogP contribution in [0.15, 0.2) is 0 Å². The number of hydrogen-bond donors (Lipinski definition) is 1. The van der Waals surface area contributed by atoms with Crippen LogP contribution in [0.25, 0.3) is 0 Å². The van der Waals surface area contributed by atoms with Gasteiger partial charge in [-0.15, -0.1) is 0 Å². The number of carbonyl (C=O) groups is 2. The molecule has 0 aromatic rings. The van der Waals surface area contributed by atoms with Crippen molar-refractivity contribution in [2.75, 3.05) is 32.7 Å². The van der Waals surface area contributed by atoms with E-state index in [1.165, 1.54) is 0 Å². The number of nitrogens with two attached hydrogens (primary N) is 1. The van der Waals surface area contributed by atoms with Gasteiger partial charge in [0.2, 0.25) is 5.91 Å². The average Bonchev–Trinajstić information content (AvgIpc) is 2.94. The van der Waals surface area contributed by atoms with Crippen molar-refractivity contribution in [3.63, 3.8) is 0 Å². The summed E-state index contributed by atoms with van der Waals surface area (Å²) in [5.74, 6) is 0.232. The molecule has 20 heavy (non-hydrogen) atoms. The molecule has 114 valence electrons. The Hall–Kier alpha value is -1.14. The van der Waals surface area contributed by atoms with Crippen molar-refractivity contribution in [2.24, 2.45) is 11.7 Å². The monoisotopic (exact) mass is 283 g/mol. The maximum atomic E-state index is 12.3. The molecule has 0 bridgehead atoms. The number of nitrogens with zero attached hydrogens (tertiary/aromatic N) is 2. The minimum Gasteiger partial charge on any atom is -0.364 e. The molecule has 0 aromatic carbocycles. The molecule has 2 N–H and O–H groups in total. The van der Waals surface area contributed by atoms with Crippen molar-refractivity contribution in [3.8, 4) is 0 Å². The third-order valence-electron chi connectivity index (χ3n) is 4.04. The minimum atomic E-state index is -0.337. The van der Waals surface area contributed by atoms with Gasteiger partial charge in [0.15, 0.2) is 0 Å². The first-order chi connectivity index (χ1) is 9.52. The third kappa shape index (κ3) is 3.30. The topological polar surface area (TPSA) is 75.9 Å². The highest BCUT2D eigenvalue weighted by Crippen LogP contribution is 2.21.